The first-order valence-corrected chi connectivity index (χ1v) is 5.53. The molecule has 19 heavy (non-hydrogen) atoms. The van der Waals surface area contributed by atoms with Crippen LogP contribution in [0.25, 0.3) is 0 Å². The molecule has 1 aromatic heterocycles. The molecule has 1 rings (SSSR count). The number of amides is 1. The predicted molar refractivity (Wildman–Crippen MR) is 60.8 cm³/mol. The van der Waals surface area contributed by atoms with Gasteiger partial charge in [-0.2, -0.15) is 13.2 Å². The lowest BCUT2D eigenvalue weighted by atomic mass is 10.2. The van der Waals surface area contributed by atoms with Crippen LogP contribution in [0.5, 0.6) is 0 Å². The van der Waals surface area contributed by atoms with Crippen LogP contribution in [0.1, 0.15) is 28.9 Å². The van der Waals surface area contributed by atoms with Gasteiger partial charge in [0.1, 0.15) is 0 Å². The number of carbonyl (C=O) groups excluding carboxylic acids is 1. The molecule has 0 aliphatic heterocycles. The van der Waals surface area contributed by atoms with E-state index in [9.17, 15) is 18.0 Å². The van der Waals surface area contributed by atoms with Gasteiger partial charge >= 0.3 is 6.18 Å². The number of hydrazine groups is 1. The number of rotatable bonds is 6. The second-order valence-electron chi connectivity index (χ2n) is 3.78. The molecule has 0 spiro atoms. The van der Waals surface area contributed by atoms with E-state index in [0.717, 1.165) is 0 Å². The van der Waals surface area contributed by atoms with Crippen LogP contribution in [0.2, 0.25) is 0 Å². The van der Waals surface area contributed by atoms with Gasteiger partial charge in [-0.1, -0.05) is 0 Å². The number of alkyl halides is 3. The number of hydrogen-bond acceptors (Lipinski definition) is 4. The zero-order valence-electron chi connectivity index (χ0n) is 10.0. The number of nitrogen functional groups attached to an aromatic ring is 1. The SMILES string of the molecule is NNC(=O)c1ccc(COCCCC(F)(F)F)nc1. The molecular formula is C11H14F3N3O2. The molecule has 1 amide bonds. The maximum atomic E-state index is 11.8. The fraction of sp³-hybridized carbons (Fsp3) is 0.455. The van der Waals surface area contributed by atoms with Crippen molar-refractivity contribution in [3.8, 4) is 0 Å². The van der Waals surface area contributed by atoms with Crippen molar-refractivity contribution >= 4 is 5.91 Å². The second kappa shape index (κ2) is 7.05. The Balaban J connectivity index is 2.29. The molecule has 3 N–H and O–H groups in total. The van der Waals surface area contributed by atoms with E-state index in [1.165, 1.54) is 12.3 Å². The number of nitrogens with two attached hydrogens (primary N) is 1. The highest BCUT2D eigenvalue weighted by Gasteiger charge is 2.25. The number of nitrogens with one attached hydrogen (secondary N) is 1. The Morgan fingerprint density at radius 1 is 1.42 bits per heavy atom. The Labute approximate surface area is 107 Å². The van der Waals surface area contributed by atoms with Crippen molar-refractivity contribution in [1.82, 2.24) is 10.4 Å². The molecule has 0 aliphatic carbocycles. The van der Waals surface area contributed by atoms with Gasteiger partial charge in [0.15, 0.2) is 0 Å². The largest absolute Gasteiger partial charge is 0.389 e. The molecule has 106 valence electrons. The summed E-state index contributed by atoms with van der Waals surface area (Å²) in [4.78, 5) is 15.0. The van der Waals surface area contributed by atoms with E-state index in [0.29, 0.717) is 11.3 Å². The third-order valence-electron chi connectivity index (χ3n) is 2.22. The van der Waals surface area contributed by atoms with Gasteiger partial charge in [-0.05, 0) is 18.6 Å². The standard InChI is InChI=1S/C11H14F3N3O2/c12-11(13,14)4-1-5-19-7-9-3-2-8(6-16-9)10(18)17-15/h2-3,6H,1,4-5,7,15H2,(H,17,18). The molecule has 0 bridgehead atoms. The quantitative estimate of drug-likeness (QED) is 0.358. The summed E-state index contributed by atoms with van der Waals surface area (Å²) >= 11 is 0. The smallest absolute Gasteiger partial charge is 0.375 e. The number of nitrogens with zero attached hydrogens (tertiary/aromatic N) is 1. The Morgan fingerprint density at radius 3 is 2.68 bits per heavy atom. The minimum atomic E-state index is -4.15. The van der Waals surface area contributed by atoms with Crippen LogP contribution in [0, 0.1) is 0 Å². The van der Waals surface area contributed by atoms with E-state index in [1.54, 1.807) is 6.07 Å². The summed E-state index contributed by atoms with van der Waals surface area (Å²) in [5.74, 6) is 4.48. The summed E-state index contributed by atoms with van der Waals surface area (Å²) in [6, 6.07) is 3.05. The van der Waals surface area contributed by atoms with Gasteiger partial charge < -0.3 is 4.74 Å². The molecular weight excluding hydrogens is 263 g/mol. The van der Waals surface area contributed by atoms with Crippen LogP contribution in [0.4, 0.5) is 13.2 Å². The number of aromatic nitrogens is 1. The molecule has 0 unspecified atom stereocenters. The lowest BCUT2D eigenvalue weighted by Crippen LogP contribution is -2.30. The van der Waals surface area contributed by atoms with E-state index in [-0.39, 0.29) is 19.6 Å². The minimum Gasteiger partial charge on any atom is -0.375 e. The predicted octanol–water partition coefficient (Wildman–Crippen LogP) is 1.54. The number of pyridine rings is 1. The first kappa shape index (κ1) is 15.4. The van der Waals surface area contributed by atoms with Gasteiger partial charge in [-0.3, -0.25) is 15.2 Å². The summed E-state index contributed by atoms with van der Waals surface area (Å²) in [6.45, 7) is 0.106. The van der Waals surface area contributed by atoms with Crippen molar-refractivity contribution in [3.63, 3.8) is 0 Å². The van der Waals surface area contributed by atoms with Crippen molar-refractivity contribution in [2.24, 2.45) is 5.84 Å². The Kier molecular flexibility index (Phi) is 5.71. The highest BCUT2D eigenvalue weighted by atomic mass is 19.4. The fourth-order valence-electron chi connectivity index (χ4n) is 1.28. The Morgan fingerprint density at radius 2 is 2.16 bits per heavy atom. The van der Waals surface area contributed by atoms with Crippen molar-refractivity contribution < 1.29 is 22.7 Å². The molecule has 0 radical (unpaired) electrons. The van der Waals surface area contributed by atoms with Crippen molar-refractivity contribution in [2.75, 3.05) is 6.61 Å². The van der Waals surface area contributed by atoms with Crippen LogP contribution in [-0.2, 0) is 11.3 Å². The monoisotopic (exact) mass is 277 g/mol. The van der Waals surface area contributed by atoms with E-state index in [2.05, 4.69) is 4.98 Å². The van der Waals surface area contributed by atoms with Gasteiger partial charge in [0.05, 0.1) is 17.9 Å². The fourth-order valence-corrected chi connectivity index (χ4v) is 1.28. The van der Waals surface area contributed by atoms with Crippen molar-refractivity contribution in [3.05, 3.63) is 29.6 Å². The average molecular weight is 277 g/mol. The van der Waals surface area contributed by atoms with E-state index in [1.807, 2.05) is 5.43 Å². The van der Waals surface area contributed by atoms with Crippen molar-refractivity contribution in [2.45, 2.75) is 25.6 Å². The summed E-state index contributed by atoms with van der Waals surface area (Å²) in [6.07, 6.45) is -3.79. The van der Waals surface area contributed by atoms with Crippen LogP contribution in [0.3, 0.4) is 0 Å². The molecule has 0 saturated carbocycles. The molecule has 0 fully saturated rings. The summed E-state index contributed by atoms with van der Waals surface area (Å²) in [7, 11) is 0. The van der Waals surface area contributed by atoms with Crippen LogP contribution < -0.4 is 11.3 Å². The van der Waals surface area contributed by atoms with Gasteiger partial charge in [0.25, 0.3) is 5.91 Å². The Bertz CT molecular complexity index is 407. The summed E-state index contributed by atoms with van der Waals surface area (Å²) in [5.41, 5.74) is 2.78. The highest BCUT2D eigenvalue weighted by Crippen LogP contribution is 2.21. The molecule has 5 nitrogen and oxygen atoms in total. The van der Waals surface area contributed by atoms with E-state index < -0.39 is 18.5 Å². The van der Waals surface area contributed by atoms with Gasteiger partial charge in [0.2, 0.25) is 0 Å². The third kappa shape index (κ3) is 6.16. The van der Waals surface area contributed by atoms with Crippen LogP contribution >= 0.6 is 0 Å². The summed E-state index contributed by atoms with van der Waals surface area (Å²) < 4.78 is 40.6. The summed E-state index contributed by atoms with van der Waals surface area (Å²) in [5, 5.41) is 0. The second-order valence-corrected chi connectivity index (χ2v) is 3.78. The molecule has 0 aliphatic rings. The normalized spacial score (nSPS) is 11.4. The first-order chi connectivity index (χ1) is 8.92. The average Bonchev–Trinajstić information content (AvgIpc) is 2.37. The van der Waals surface area contributed by atoms with Gasteiger partial charge in [0, 0.05) is 19.2 Å². The molecule has 8 heteroatoms. The Hall–Kier alpha value is -1.67. The molecule has 0 atom stereocenters. The molecule has 1 aromatic rings. The van der Waals surface area contributed by atoms with Crippen LogP contribution in [-0.4, -0.2) is 23.7 Å². The van der Waals surface area contributed by atoms with E-state index in [4.69, 9.17) is 10.6 Å². The number of hydrogen-bond donors (Lipinski definition) is 2. The van der Waals surface area contributed by atoms with Gasteiger partial charge in [-0.15, -0.1) is 0 Å². The third-order valence-corrected chi connectivity index (χ3v) is 2.22. The zero-order valence-corrected chi connectivity index (χ0v) is 10.0. The number of ether oxygens (including phenoxy) is 1. The molecule has 0 aromatic carbocycles. The minimum absolute atomic E-state index is 0.00618. The van der Waals surface area contributed by atoms with E-state index >= 15 is 0 Å². The number of halogens is 3. The lowest BCUT2D eigenvalue weighted by Gasteiger charge is -2.07. The molecule has 1 heterocycles. The van der Waals surface area contributed by atoms with Crippen LogP contribution in [0.15, 0.2) is 18.3 Å². The van der Waals surface area contributed by atoms with Crippen molar-refractivity contribution in [1.29, 1.82) is 0 Å². The maximum absolute atomic E-state index is 11.8. The molecule has 0 saturated heterocycles. The highest BCUT2D eigenvalue weighted by molar-refractivity contribution is 5.93. The lowest BCUT2D eigenvalue weighted by molar-refractivity contribution is -0.138. The number of carbonyl (C=O) groups is 1. The van der Waals surface area contributed by atoms with Gasteiger partial charge in [-0.25, -0.2) is 5.84 Å². The first-order valence-electron chi connectivity index (χ1n) is 5.53. The maximum Gasteiger partial charge on any atom is 0.389 e. The zero-order chi connectivity index (χ0) is 14.3. The topological polar surface area (TPSA) is 77.2 Å².